The highest BCUT2D eigenvalue weighted by Gasteiger charge is 2.55. The molecule has 2 saturated heterocycles. The first-order chi connectivity index (χ1) is 22.1. The van der Waals surface area contributed by atoms with Crippen LogP contribution in [0.5, 0.6) is 0 Å². The number of ether oxygens (including phenoxy) is 2. The summed E-state index contributed by atoms with van der Waals surface area (Å²) in [5.74, 6) is -2.69. The van der Waals surface area contributed by atoms with Crippen molar-refractivity contribution >= 4 is 35.7 Å². The number of carbonyl (C=O) groups excluding carboxylic acids is 4. The van der Waals surface area contributed by atoms with Gasteiger partial charge in [-0.25, -0.2) is 18.4 Å². The first kappa shape index (κ1) is 36.1. The van der Waals surface area contributed by atoms with E-state index in [4.69, 9.17) is 20.5 Å². The van der Waals surface area contributed by atoms with Crippen LogP contribution >= 0.6 is 0 Å². The van der Waals surface area contributed by atoms with E-state index in [1.807, 2.05) is 20.8 Å². The molecule has 47 heavy (non-hydrogen) atoms. The van der Waals surface area contributed by atoms with Crippen LogP contribution in [0, 0.1) is 5.92 Å². The highest BCUT2D eigenvalue weighted by molar-refractivity contribution is 5.96. The SMILES string of the molecule is COC(=O)N[C@@H](C)C(=O)N1C(C2=NCC([C@H](C)N=C(N)[C@@H]3CCCN3C(=O)[C@@H](NC(=O)OC)C(C)C)N2)CCC12CCC(F)(F)CC2. The number of hydrogen-bond donors (Lipinski definition) is 4. The molecule has 0 bridgehead atoms. The number of hydrogen-bond acceptors (Lipinski definition) is 9. The number of halogens is 2. The van der Waals surface area contributed by atoms with Crippen molar-refractivity contribution < 1.29 is 37.4 Å². The summed E-state index contributed by atoms with van der Waals surface area (Å²) in [5.41, 5.74) is 5.75. The molecule has 1 aliphatic carbocycles. The van der Waals surface area contributed by atoms with Crippen molar-refractivity contribution in [2.75, 3.05) is 27.3 Å². The summed E-state index contributed by atoms with van der Waals surface area (Å²) in [6.07, 6.45) is 0.704. The van der Waals surface area contributed by atoms with Crippen molar-refractivity contribution in [3.05, 3.63) is 0 Å². The van der Waals surface area contributed by atoms with Gasteiger partial charge in [0.1, 0.15) is 23.8 Å². The first-order valence-electron chi connectivity index (χ1n) is 16.5. The summed E-state index contributed by atoms with van der Waals surface area (Å²) in [6.45, 7) is 7.97. The summed E-state index contributed by atoms with van der Waals surface area (Å²) >= 11 is 0. The molecule has 3 aliphatic heterocycles. The van der Waals surface area contributed by atoms with Crippen molar-refractivity contribution in [1.29, 1.82) is 0 Å². The lowest BCUT2D eigenvalue weighted by molar-refractivity contribution is -0.144. The number of methoxy groups -OCH3 is 2. The van der Waals surface area contributed by atoms with Gasteiger partial charge < -0.3 is 41.0 Å². The summed E-state index contributed by atoms with van der Waals surface area (Å²) in [7, 11) is 2.45. The number of aliphatic imine (C=N–C) groups is 2. The average Bonchev–Trinajstić information content (AvgIpc) is 3.79. The largest absolute Gasteiger partial charge is 0.453 e. The van der Waals surface area contributed by atoms with E-state index in [1.165, 1.54) is 14.2 Å². The second-order valence-corrected chi connectivity index (χ2v) is 13.5. The minimum Gasteiger partial charge on any atom is -0.453 e. The van der Waals surface area contributed by atoms with Gasteiger partial charge in [0, 0.05) is 24.9 Å². The lowest BCUT2D eigenvalue weighted by atomic mass is 9.78. The molecule has 5 N–H and O–H groups in total. The molecule has 3 fully saturated rings. The Labute approximate surface area is 274 Å². The Morgan fingerprint density at radius 1 is 0.979 bits per heavy atom. The molecule has 16 heteroatoms. The van der Waals surface area contributed by atoms with Crippen LogP contribution in [0.1, 0.15) is 79.1 Å². The zero-order valence-electron chi connectivity index (χ0n) is 28.2. The van der Waals surface area contributed by atoms with Crippen LogP contribution in [0.15, 0.2) is 9.98 Å². The maximum absolute atomic E-state index is 14.2. The zero-order valence-corrected chi connectivity index (χ0v) is 28.2. The molecule has 6 atom stereocenters. The van der Waals surface area contributed by atoms with E-state index >= 15 is 0 Å². The molecule has 0 aromatic rings. The minimum atomic E-state index is -2.78. The highest BCUT2D eigenvalue weighted by atomic mass is 19.3. The Morgan fingerprint density at radius 3 is 2.23 bits per heavy atom. The average molecular weight is 669 g/mol. The number of alkyl carbamates (subject to hydrolysis) is 2. The standard InChI is InChI=1S/C31H50F2N8O6/c1-17(2)23(39-29(45)47-6)27(43)40-15-7-8-21(40)24(34)36-18(3)20-16-35-25(38-20)22-9-10-30(11-13-31(32,33)14-12-30)41(22)26(42)19(4)37-28(44)46-5/h17-23H,7-16H2,1-6H3,(H2,34,36)(H,35,38)(H,37,44)(H,39,45)/t18-,19-,20?,21-,22?,23-/m0/s1. The number of amidine groups is 2. The molecule has 4 rings (SSSR count). The van der Waals surface area contributed by atoms with Crippen LogP contribution in [0.2, 0.25) is 0 Å². The Hall–Kier alpha value is -3.72. The molecule has 4 amide bonds. The molecule has 4 aliphatic rings. The lowest BCUT2D eigenvalue weighted by Crippen LogP contribution is -2.61. The van der Waals surface area contributed by atoms with Gasteiger partial charge in [-0.1, -0.05) is 13.8 Å². The van der Waals surface area contributed by atoms with Gasteiger partial charge in [-0.2, -0.15) is 0 Å². The smallest absolute Gasteiger partial charge is 0.407 e. The predicted molar refractivity (Wildman–Crippen MR) is 170 cm³/mol. The lowest BCUT2D eigenvalue weighted by Gasteiger charge is -2.46. The van der Waals surface area contributed by atoms with E-state index in [9.17, 15) is 28.0 Å². The number of alkyl halides is 2. The highest BCUT2D eigenvalue weighted by Crippen LogP contribution is 2.49. The summed E-state index contributed by atoms with van der Waals surface area (Å²) in [6, 6.07) is -3.22. The Bertz CT molecular complexity index is 1250. The fraction of sp³-hybridized carbons (Fsp3) is 0.806. The molecule has 264 valence electrons. The molecular weight excluding hydrogens is 618 g/mol. The maximum atomic E-state index is 14.2. The number of amides is 4. The van der Waals surface area contributed by atoms with E-state index in [0.29, 0.717) is 44.0 Å². The third-order valence-corrected chi connectivity index (χ3v) is 10.1. The van der Waals surface area contributed by atoms with Crippen LogP contribution in [-0.4, -0.2) is 120 Å². The van der Waals surface area contributed by atoms with Crippen LogP contribution in [0.3, 0.4) is 0 Å². The number of nitrogens with two attached hydrogens (primary N) is 1. The normalized spacial score (nSPS) is 27.1. The quantitative estimate of drug-likeness (QED) is 0.213. The Morgan fingerprint density at radius 2 is 1.62 bits per heavy atom. The molecule has 0 aromatic carbocycles. The van der Waals surface area contributed by atoms with Crippen molar-refractivity contribution in [3.8, 4) is 0 Å². The van der Waals surface area contributed by atoms with Crippen molar-refractivity contribution in [1.82, 2.24) is 25.8 Å². The molecular formula is C31H50F2N8O6. The summed E-state index contributed by atoms with van der Waals surface area (Å²) in [5, 5.41) is 8.57. The van der Waals surface area contributed by atoms with Crippen molar-refractivity contribution in [2.45, 2.75) is 127 Å². The first-order valence-corrected chi connectivity index (χ1v) is 16.5. The summed E-state index contributed by atoms with van der Waals surface area (Å²) < 4.78 is 37.8. The number of carbonyl (C=O) groups is 4. The van der Waals surface area contributed by atoms with Gasteiger partial charge >= 0.3 is 12.2 Å². The van der Waals surface area contributed by atoms with Crippen molar-refractivity contribution in [3.63, 3.8) is 0 Å². The van der Waals surface area contributed by atoms with Gasteiger partial charge in [-0.3, -0.25) is 19.6 Å². The molecule has 1 spiro atoms. The molecule has 0 aromatic heterocycles. The van der Waals surface area contributed by atoms with Crippen molar-refractivity contribution in [2.24, 2.45) is 21.6 Å². The Balaban J connectivity index is 1.47. The second-order valence-electron chi connectivity index (χ2n) is 13.5. The fourth-order valence-corrected chi connectivity index (χ4v) is 7.29. The maximum Gasteiger partial charge on any atom is 0.407 e. The molecule has 2 unspecified atom stereocenters. The third kappa shape index (κ3) is 7.88. The van der Waals surface area contributed by atoms with E-state index in [-0.39, 0.29) is 55.5 Å². The van der Waals surface area contributed by atoms with Crippen LogP contribution in [-0.2, 0) is 19.1 Å². The van der Waals surface area contributed by atoms with Crippen LogP contribution in [0.25, 0.3) is 0 Å². The van der Waals surface area contributed by atoms with Gasteiger partial charge in [-0.05, 0) is 58.3 Å². The molecule has 1 saturated carbocycles. The summed E-state index contributed by atoms with van der Waals surface area (Å²) in [4.78, 5) is 64.0. The van der Waals surface area contributed by atoms with Gasteiger partial charge in [-0.15, -0.1) is 0 Å². The second kappa shape index (κ2) is 14.6. The van der Waals surface area contributed by atoms with Gasteiger partial charge in [0.15, 0.2) is 0 Å². The fourth-order valence-electron chi connectivity index (χ4n) is 7.29. The van der Waals surface area contributed by atoms with E-state index < -0.39 is 47.8 Å². The number of nitrogens with zero attached hydrogens (tertiary/aromatic N) is 4. The van der Waals surface area contributed by atoms with E-state index in [0.717, 1.165) is 6.42 Å². The van der Waals surface area contributed by atoms with Gasteiger partial charge in [0.05, 0.1) is 44.9 Å². The topological polar surface area (TPSA) is 180 Å². The number of rotatable bonds is 9. The van der Waals surface area contributed by atoms with Gasteiger partial charge in [0.2, 0.25) is 17.7 Å². The molecule has 3 heterocycles. The predicted octanol–water partition coefficient (Wildman–Crippen LogP) is 2.16. The number of likely N-dealkylation sites (tertiary alicyclic amines) is 2. The van der Waals surface area contributed by atoms with Crippen LogP contribution < -0.4 is 21.7 Å². The van der Waals surface area contributed by atoms with Gasteiger partial charge in [0.25, 0.3) is 0 Å². The number of nitrogens with one attached hydrogen (secondary N) is 3. The van der Waals surface area contributed by atoms with Crippen LogP contribution in [0.4, 0.5) is 18.4 Å². The Kier molecular flexibility index (Phi) is 11.2. The minimum absolute atomic E-state index is 0.157. The third-order valence-electron chi connectivity index (χ3n) is 10.1. The zero-order chi connectivity index (χ0) is 34.7. The molecule has 0 radical (unpaired) electrons. The monoisotopic (exact) mass is 668 g/mol. The van der Waals surface area contributed by atoms with E-state index in [1.54, 1.807) is 16.7 Å². The molecule has 14 nitrogen and oxygen atoms in total. The van der Waals surface area contributed by atoms with E-state index in [2.05, 4.69) is 20.7 Å².